The molecule has 2 heterocycles. The Hall–Kier alpha value is -2.30. The maximum Gasteiger partial charge on any atom is 0.195 e. The van der Waals surface area contributed by atoms with Crippen molar-refractivity contribution < 1.29 is 13.9 Å². The Labute approximate surface area is 161 Å². The molecule has 0 aliphatic rings. The number of allylic oxidation sites excluding steroid dienone is 1. The lowest BCUT2D eigenvalue weighted by atomic mass is 10.2. The molecule has 0 atom stereocenters. The van der Waals surface area contributed by atoms with Gasteiger partial charge >= 0.3 is 0 Å². The summed E-state index contributed by atoms with van der Waals surface area (Å²) < 4.78 is 11.3. The average Bonchev–Trinajstić information content (AvgIpc) is 3.29. The number of halogens is 1. The molecule has 5 heteroatoms. The Bertz CT molecular complexity index is 890. The number of carbonyl (C=O) groups excluding carboxylic acids is 1. The number of carbonyl (C=O) groups is 1. The normalized spacial score (nSPS) is 11.2. The van der Waals surface area contributed by atoms with Crippen molar-refractivity contribution in [2.75, 3.05) is 0 Å². The summed E-state index contributed by atoms with van der Waals surface area (Å²) >= 11 is 7.40. The largest absolute Gasteiger partial charge is 0.486 e. The van der Waals surface area contributed by atoms with E-state index in [1.807, 2.05) is 24.3 Å². The summed E-state index contributed by atoms with van der Waals surface area (Å²) in [5, 5.41) is 0.667. The molecule has 0 N–H and O–H groups in total. The molecule has 0 radical (unpaired) electrons. The molecule has 0 bridgehead atoms. The van der Waals surface area contributed by atoms with Crippen LogP contribution in [-0.2, 0) is 13.0 Å². The fourth-order valence-electron chi connectivity index (χ4n) is 2.38. The van der Waals surface area contributed by atoms with Gasteiger partial charge in [-0.25, -0.2) is 0 Å². The Balaban J connectivity index is 1.56. The number of thiophene rings is 1. The zero-order valence-electron chi connectivity index (χ0n) is 14.4. The lowest BCUT2D eigenvalue weighted by Gasteiger charge is -2.03. The van der Waals surface area contributed by atoms with Crippen LogP contribution in [-0.4, -0.2) is 5.78 Å². The van der Waals surface area contributed by atoms with E-state index < -0.39 is 0 Å². The number of ketones is 1. The smallest absolute Gasteiger partial charge is 0.195 e. The van der Waals surface area contributed by atoms with Gasteiger partial charge in [-0.1, -0.05) is 24.9 Å². The molecule has 26 heavy (non-hydrogen) atoms. The Kier molecular flexibility index (Phi) is 6.31. The summed E-state index contributed by atoms with van der Waals surface area (Å²) in [4.78, 5) is 14.2. The predicted molar refractivity (Wildman–Crippen MR) is 106 cm³/mol. The van der Waals surface area contributed by atoms with Gasteiger partial charge in [-0.15, -0.1) is 11.3 Å². The molecule has 3 rings (SSSR count). The minimum Gasteiger partial charge on any atom is -0.486 e. The molecule has 0 unspecified atom stereocenters. The van der Waals surface area contributed by atoms with Gasteiger partial charge in [-0.2, -0.15) is 0 Å². The van der Waals surface area contributed by atoms with Gasteiger partial charge < -0.3 is 9.15 Å². The van der Waals surface area contributed by atoms with Crippen LogP contribution in [0.25, 0.3) is 6.08 Å². The van der Waals surface area contributed by atoms with Crippen LogP contribution in [0.15, 0.2) is 59.0 Å². The van der Waals surface area contributed by atoms with Gasteiger partial charge in [0.25, 0.3) is 0 Å². The Morgan fingerprint density at radius 3 is 2.73 bits per heavy atom. The number of hydrogen-bond acceptors (Lipinski definition) is 4. The van der Waals surface area contributed by atoms with Crippen molar-refractivity contribution in [3.63, 3.8) is 0 Å². The van der Waals surface area contributed by atoms with Crippen molar-refractivity contribution in [1.82, 2.24) is 0 Å². The van der Waals surface area contributed by atoms with E-state index in [-0.39, 0.29) is 5.78 Å². The second-order valence-corrected chi connectivity index (χ2v) is 7.36. The molecule has 3 nitrogen and oxygen atoms in total. The molecule has 0 saturated carbocycles. The third-order valence-electron chi connectivity index (χ3n) is 3.68. The first-order valence-corrected chi connectivity index (χ1v) is 9.61. The molecule has 0 spiro atoms. The quantitative estimate of drug-likeness (QED) is 0.331. The van der Waals surface area contributed by atoms with Gasteiger partial charge in [0, 0.05) is 9.90 Å². The first-order chi connectivity index (χ1) is 12.6. The van der Waals surface area contributed by atoms with E-state index in [2.05, 4.69) is 6.92 Å². The van der Waals surface area contributed by atoms with E-state index in [9.17, 15) is 4.79 Å². The van der Waals surface area contributed by atoms with Gasteiger partial charge in [0.15, 0.2) is 5.78 Å². The van der Waals surface area contributed by atoms with Crippen LogP contribution in [0, 0.1) is 0 Å². The van der Waals surface area contributed by atoms with Crippen molar-refractivity contribution in [2.45, 2.75) is 26.4 Å². The maximum atomic E-state index is 12.2. The van der Waals surface area contributed by atoms with Gasteiger partial charge in [-0.05, 0) is 67.1 Å². The van der Waals surface area contributed by atoms with E-state index in [0.717, 1.165) is 23.5 Å². The van der Waals surface area contributed by atoms with Crippen LogP contribution in [0.2, 0.25) is 5.02 Å². The number of hydrogen-bond donors (Lipinski definition) is 0. The summed E-state index contributed by atoms with van der Waals surface area (Å²) in [6.07, 6.45) is 5.33. The van der Waals surface area contributed by atoms with Gasteiger partial charge in [0.1, 0.15) is 23.9 Å². The standard InChI is InChI=1S/C21H19ClO3S/c1-2-3-19-11-13-21(26-19)20(23)12-10-17-8-9-18(25-17)14-24-16-6-4-15(22)5-7-16/h4-13H,2-3,14H2,1H3/b12-10+. The van der Waals surface area contributed by atoms with Crippen molar-refractivity contribution in [3.05, 3.63) is 80.9 Å². The van der Waals surface area contributed by atoms with E-state index in [0.29, 0.717) is 23.2 Å². The molecule has 1 aromatic carbocycles. The van der Waals surface area contributed by atoms with Gasteiger partial charge in [-0.3, -0.25) is 4.79 Å². The topological polar surface area (TPSA) is 39.4 Å². The Morgan fingerprint density at radius 1 is 1.15 bits per heavy atom. The minimum absolute atomic E-state index is 0.00674. The zero-order chi connectivity index (χ0) is 18.4. The SMILES string of the molecule is CCCc1ccc(C(=O)/C=C/c2ccc(COc3ccc(Cl)cc3)o2)s1. The van der Waals surface area contributed by atoms with Crippen LogP contribution in [0.1, 0.15) is 39.4 Å². The summed E-state index contributed by atoms with van der Waals surface area (Å²) in [7, 11) is 0. The van der Waals surface area contributed by atoms with Crippen LogP contribution in [0.4, 0.5) is 0 Å². The molecule has 0 saturated heterocycles. The highest BCUT2D eigenvalue weighted by Gasteiger charge is 2.07. The number of furan rings is 1. The second-order valence-electron chi connectivity index (χ2n) is 5.76. The number of aryl methyl sites for hydroxylation is 1. The minimum atomic E-state index is -0.00674. The van der Waals surface area contributed by atoms with Gasteiger partial charge in [0.2, 0.25) is 0 Å². The summed E-state index contributed by atoms with van der Waals surface area (Å²) in [5.74, 6) is 2.03. The summed E-state index contributed by atoms with van der Waals surface area (Å²) in [5.41, 5.74) is 0. The summed E-state index contributed by atoms with van der Waals surface area (Å²) in [6.45, 7) is 2.45. The Morgan fingerprint density at radius 2 is 1.96 bits per heavy atom. The molecule has 0 amide bonds. The first kappa shape index (κ1) is 18.5. The van der Waals surface area contributed by atoms with Crippen molar-refractivity contribution >= 4 is 34.8 Å². The van der Waals surface area contributed by atoms with Crippen molar-refractivity contribution in [1.29, 1.82) is 0 Å². The highest BCUT2D eigenvalue weighted by Crippen LogP contribution is 2.20. The summed E-state index contributed by atoms with van der Waals surface area (Å²) in [6, 6.07) is 14.7. The highest BCUT2D eigenvalue weighted by molar-refractivity contribution is 7.14. The molecule has 0 aliphatic heterocycles. The fourth-order valence-corrected chi connectivity index (χ4v) is 3.53. The lowest BCUT2D eigenvalue weighted by molar-refractivity contribution is 0.105. The molecular weight excluding hydrogens is 368 g/mol. The molecule has 0 fully saturated rings. The number of rotatable bonds is 8. The van der Waals surface area contributed by atoms with Crippen LogP contribution < -0.4 is 4.74 Å². The van der Waals surface area contributed by atoms with Crippen LogP contribution >= 0.6 is 22.9 Å². The number of ether oxygens (including phenoxy) is 1. The zero-order valence-corrected chi connectivity index (χ0v) is 16.0. The molecule has 134 valence electrons. The number of benzene rings is 1. The van der Waals surface area contributed by atoms with Crippen LogP contribution in [0.5, 0.6) is 5.75 Å². The maximum absolute atomic E-state index is 12.2. The average molecular weight is 387 g/mol. The molecule has 3 aromatic rings. The first-order valence-electron chi connectivity index (χ1n) is 8.42. The second kappa shape index (κ2) is 8.88. The van der Waals surface area contributed by atoms with E-state index in [1.165, 1.54) is 4.88 Å². The monoisotopic (exact) mass is 386 g/mol. The lowest BCUT2D eigenvalue weighted by Crippen LogP contribution is -1.93. The molecule has 2 aromatic heterocycles. The van der Waals surface area contributed by atoms with Crippen LogP contribution in [0.3, 0.4) is 0 Å². The van der Waals surface area contributed by atoms with Crippen molar-refractivity contribution in [2.24, 2.45) is 0 Å². The van der Waals surface area contributed by atoms with E-state index >= 15 is 0 Å². The van der Waals surface area contributed by atoms with Crippen molar-refractivity contribution in [3.8, 4) is 5.75 Å². The van der Waals surface area contributed by atoms with E-state index in [4.69, 9.17) is 20.8 Å². The van der Waals surface area contributed by atoms with Gasteiger partial charge in [0.05, 0.1) is 4.88 Å². The third kappa shape index (κ3) is 5.10. The predicted octanol–water partition coefficient (Wildman–Crippen LogP) is 6.42. The molecular formula is C21H19ClO3S. The highest BCUT2D eigenvalue weighted by atomic mass is 35.5. The fraction of sp³-hybridized carbons (Fsp3) is 0.190. The van der Waals surface area contributed by atoms with E-state index in [1.54, 1.807) is 47.8 Å². The molecule has 0 aliphatic carbocycles. The third-order valence-corrected chi connectivity index (χ3v) is 5.09.